The number of rotatable bonds is 3. The molecule has 5 nitrogen and oxygen atoms in total. The lowest BCUT2D eigenvalue weighted by Gasteiger charge is -2.06. The Morgan fingerprint density at radius 2 is 2.00 bits per heavy atom. The maximum Gasteiger partial charge on any atom is 0.264 e. The summed E-state index contributed by atoms with van der Waals surface area (Å²) in [5.74, 6) is 0.268. The lowest BCUT2D eigenvalue weighted by molar-refractivity contribution is -0.115. The van der Waals surface area contributed by atoms with Gasteiger partial charge in [-0.3, -0.25) is 4.79 Å². The summed E-state index contributed by atoms with van der Waals surface area (Å²) >= 11 is 3.30. The van der Waals surface area contributed by atoms with E-state index >= 15 is 0 Å². The Balaban J connectivity index is 1.86. The van der Waals surface area contributed by atoms with Gasteiger partial charge in [-0.25, -0.2) is 4.99 Å². The molecule has 1 fully saturated rings. The van der Waals surface area contributed by atoms with Crippen LogP contribution in [0.2, 0.25) is 0 Å². The third kappa shape index (κ3) is 4.16. The Morgan fingerprint density at radius 3 is 2.68 bits per heavy atom. The first-order valence-electron chi connectivity index (χ1n) is 7.39. The normalized spacial score (nSPS) is 17.2. The summed E-state index contributed by atoms with van der Waals surface area (Å²) in [5.41, 5.74) is 2.72. The maximum absolute atomic E-state index is 12.2. The maximum atomic E-state index is 12.2. The van der Waals surface area contributed by atoms with Gasteiger partial charge >= 0.3 is 0 Å². The number of aryl methyl sites for hydroxylation is 1. The van der Waals surface area contributed by atoms with Gasteiger partial charge in [0.25, 0.3) is 5.91 Å². The number of phenols is 1. The van der Waals surface area contributed by atoms with Gasteiger partial charge in [0.1, 0.15) is 0 Å². The SMILES string of the molecule is COc1cc(/C=C2\SC(=Nc3ccc(C)cc3)NC2=O)cc(I)c1O. The molecule has 2 aromatic rings. The number of nitrogens with one attached hydrogen (secondary N) is 1. The molecule has 0 spiro atoms. The van der Waals surface area contributed by atoms with Crippen LogP contribution in [0.15, 0.2) is 46.3 Å². The topological polar surface area (TPSA) is 70.9 Å². The zero-order valence-electron chi connectivity index (χ0n) is 13.5. The fourth-order valence-corrected chi connectivity index (χ4v) is 3.67. The van der Waals surface area contributed by atoms with Crippen LogP contribution in [-0.2, 0) is 4.79 Å². The standard InChI is InChI=1S/C18H15IN2O3S/c1-10-3-5-12(6-4-10)20-18-21-17(23)15(25-18)9-11-7-13(19)16(22)14(8-11)24-2/h3-9,22H,1-2H3,(H,20,21,23)/b15-9-. The van der Waals surface area contributed by atoms with Crippen molar-refractivity contribution < 1.29 is 14.6 Å². The van der Waals surface area contributed by atoms with Crippen molar-refractivity contribution in [2.75, 3.05) is 7.11 Å². The molecule has 0 atom stereocenters. The van der Waals surface area contributed by atoms with Crippen LogP contribution in [0, 0.1) is 10.5 Å². The zero-order valence-corrected chi connectivity index (χ0v) is 16.5. The highest BCUT2D eigenvalue weighted by Crippen LogP contribution is 2.35. The summed E-state index contributed by atoms with van der Waals surface area (Å²) in [4.78, 5) is 17.2. The molecule has 3 rings (SSSR count). The van der Waals surface area contributed by atoms with Crippen LogP contribution in [0.25, 0.3) is 6.08 Å². The van der Waals surface area contributed by atoms with Crippen molar-refractivity contribution in [2.24, 2.45) is 4.99 Å². The highest BCUT2D eigenvalue weighted by molar-refractivity contribution is 14.1. The molecule has 1 aliphatic heterocycles. The molecule has 2 aromatic carbocycles. The van der Waals surface area contributed by atoms with E-state index in [2.05, 4.69) is 10.3 Å². The number of amides is 1. The molecule has 2 N–H and O–H groups in total. The minimum atomic E-state index is -0.196. The van der Waals surface area contributed by atoms with Gasteiger partial charge in [0, 0.05) is 0 Å². The number of thioether (sulfide) groups is 1. The number of phenolic OH excluding ortho intramolecular Hbond substituents is 1. The van der Waals surface area contributed by atoms with Gasteiger partial charge < -0.3 is 15.2 Å². The Morgan fingerprint density at radius 1 is 1.28 bits per heavy atom. The van der Waals surface area contributed by atoms with E-state index in [-0.39, 0.29) is 11.7 Å². The highest BCUT2D eigenvalue weighted by Gasteiger charge is 2.24. The quantitative estimate of drug-likeness (QED) is 0.526. The molecule has 1 aliphatic rings. The molecular weight excluding hydrogens is 451 g/mol. The fraction of sp³-hybridized carbons (Fsp3) is 0.111. The largest absolute Gasteiger partial charge is 0.504 e. The number of aromatic hydroxyl groups is 1. The van der Waals surface area contributed by atoms with Crippen molar-refractivity contribution in [3.8, 4) is 11.5 Å². The van der Waals surface area contributed by atoms with Crippen LogP contribution in [0.1, 0.15) is 11.1 Å². The van der Waals surface area contributed by atoms with Crippen LogP contribution in [0.3, 0.4) is 0 Å². The highest BCUT2D eigenvalue weighted by atomic mass is 127. The second-order valence-electron chi connectivity index (χ2n) is 5.37. The number of benzene rings is 2. The van der Waals surface area contributed by atoms with Crippen molar-refractivity contribution in [1.29, 1.82) is 0 Å². The van der Waals surface area contributed by atoms with Crippen molar-refractivity contribution in [3.63, 3.8) is 0 Å². The van der Waals surface area contributed by atoms with Crippen LogP contribution in [0.4, 0.5) is 5.69 Å². The number of hydrogen-bond acceptors (Lipinski definition) is 5. The molecule has 7 heteroatoms. The number of ether oxygens (including phenoxy) is 1. The number of nitrogens with zero attached hydrogens (tertiary/aromatic N) is 1. The van der Waals surface area contributed by atoms with Gasteiger partial charge in [0.2, 0.25) is 0 Å². The van der Waals surface area contributed by atoms with Crippen LogP contribution < -0.4 is 10.1 Å². The molecule has 0 saturated carbocycles. The van der Waals surface area contributed by atoms with Crippen LogP contribution >= 0.6 is 34.4 Å². The second kappa shape index (κ2) is 7.49. The third-order valence-electron chi connectivity index (χ3n) is 3.48. The molecule has 0 radical (unpaired) electrons. The number of amidine groups is 1. The number of halogens is 1. The summed E-state index contributed by atoms with van der Waals surface area (Å²) in [6, 6.07) is 11.2. The molecule has 0 unspecified atom stereocenters. The number of aliphatic imine (C=N–C) groups is 1. The van der Waals surface area contributed by atoms with E-state index in [1.165, 1.54) is 18.9 Å². The Labute approximate surface area is 163 Å². The number of hydrogen-bond donors (Lipinski definition) is 2. The summed E-state index contributed by atoms with van der Waals surface area (Å²) in [7, 11) is 1.49. The van der Waals surface area contributed by atoms with Gasteiger partial charge in [0.05, 0.1) is 21.3 Å². The number of methoxy groups -OCH3 is 1. The van der Waals surface area contributed by atoms with Crippen molar-refractivity contribution in [3.05, 3.63) is 56.0 Å². The Bertz CT molecular complexity index is 892. The van der Waals surface area contributed by atoms with Gasteiger partial charge in [-0.2, -0.15) is 0 Å². The summed E-state index contributed by atoms with van der Waals surface area (Å²) in [6.45, 7) is 2.01. The van der Waals surface area contributed by atoms with E-state index in [1.54, 1.807) is 18.2 Å². The van der Waals surface area contributed by atoms with Gasteiger partial charge in [0.15, 0.2) is 16.7 Å². The van der Waals surface area contributed by atoms with Crippen molar-refractivity contribution in [2.45, 2.75) is 6.92 Å². The molecule has 0 aromatic heterocycles. The monoisotopic (exact) mass is 466 g/mol. The summed E-state index contributed by atoms with van der Waals surface area (Å²) in [6.07, 6.45) is 1.75. The molecule has 1 amide bonds. The van der Waals surface area contributed by atoms with Crippen LogP contribution in [-0.4, -0.2) is 23.3 Å². The second-order valence-corrected chi connectivity index (χ2v) is 7.56. The molecule has 128 valence electrons. The molecule has 25 heavy (non-hydrogen) atoms. The van der Waals surface area contributed by atoms with Gasteiger partial charge in [-0.1, -0.05) is 17.7 Å². The van der Waals surface area contributed by atoms with Gasteiger partial charge in [-0.05, 0) is 77.2 Å². The first-order chi connectivity index (χ1) is 12.0. The summed E-state index contributed by atoms with van der Waals surface area (Å²) < 4.78 is 5.81. The minimum absolute atomic E-state index is 0.0930. The van der Waals surface area contributed by atoms with E-state index in [0.717, 1.165) is 16.8 Å². The molecule has 1 saturated heterocycles. The lowest BCUT2D eigenvalue weighted by atomic mass is 10.2. The van der Waals surface area contributed by atoms with E-state index in [4.69, 9.17) is 4.74 Å². The molecule has 1 heterocycles. The smallest absolute Gasteiger partial charge is 0.264 e. The molecule has 0 bridgehead atoms. The lowest BCUT2D eigenvalue weighted by Crippen LogP contribution is -2.19. The number of carbonyl (C=O) groups excluding carboxylic acids is 1. The Hall–Kier alpha value is -2.00. The zero-order chi connectivity index (χ0) is 18.0. The fourth-order valence-electron chi connectivity index (χ4n) is 2.20. The Kier molecular flexibility index (Phi) is 5.33. The van der Waals surface area contributed by atoms with E-state index in [0.29, 0.717) is 19.4 Å². The first kappa shape index (κ1) is 17.8. The van der Waals surface area contributed by atoms with E-state index < -0.39 is 0 Å². The van der Waals surface area contributed by atoms with Crippen molar-refractivity contribution in [1.82, 2.24) is 5.32 Å². The predicted octanol–water partition coefficient (Wildman–Crippen LogP) is 4.21. The molecular formula is C18H15IN2O3S. The predicted molar refractivity (Wildman–Crippen MR) is 109 cm³/mol. The average Bonchev–Trinajstić information content (AvgIpc) is 2.92. The van der Waals surface area contributed by atoms with E-state index in [9.17, 15) is 9.90 Å². The average molecular weight is 466 g/mol. The van der Waals surface area contributed by atoms with E-state index in [1.807, 2.05) is 53.8 Å². The summed E-state index contributed by atoms with van der Waals surface area (Å²) in [5, 5.41) is 13.2. The van der Waals surface area contributed by atoms with Gasteiger partial charge in [-0.15, -0.1) is 0 Å². The molecule has 0 aliphatic carbocycles. The van der Waals surface area contributed by atoms with Crippen LogP contribution in [0.5, 0.6) is 11.5 Å². The minimum Gasteiger partial charge on any atom is -0.504 e. The number of carbonyl (C=O) groups is 1. The third-order valence-corrected chi connectivity index (χ3v) is 5.22. The first-order valence-corrected chi connectivity index (χ1v) is 9.28. The van der Waals surface area contributed by atoms with Crippen molar-refractivity contribution >= 4 is 57.2 Å².